The van der Waals surface area contributed by atoms with Crippen LogP contribution in [0.1, 0.15) is 12.0 Å². The standard InChI is InChI=1S/C17H15ClN2O3/c18-12-5-2-1-4-11(12)8-9-15(21)19-13-6-3-7-14-17(13)23-10-16(22)20-14/h1-7H,8-10H2,(H,19,21)(H,20,22). The van der Waals surface area contributed by atoms with Crippen molar-refractivity contribution in [2.45, 2.75) is 12.8 Å². The van der Waals surface area contributed by atoms with E-state index in [4.69, 9.17) is 16.3 Å². The van der Waals surface area contributed by atoms with Gasteiger partial charge in [0.2, 0.25) is 5.91 Å². The second-order valence-corrected chi connectivity index (χ2v) is 5.57. The Kier molecular flexibility index (Phi) is 4.48. The molecule has 0 unspecified atom stereocenters. The number of anilines is 2. The van der Waals surface area contributed by atoms with Crippen LogP contribution in [0.15, 0.2) is 42.5 Å². The monoisotopic (exact) mass is 330 g/mol. The van der Waals surface area contributed by atoms with Crippen molar-refractivity contribution in [2.75, 3.05) is 17.2 Å². The minimum atomic E-state index is -0.209. The first-order valence-corrected chi connectivity index (χ1v) is 7.60. The van der Waals surface area contributed by atoms with E-state index >= 15 is 0 Å². The van der Waals surface area contributed by atoms with Gasteiger partial charge in [-0.1, -0.05) is 35.9 Å². The molecule has 0 aliphatic carbocycles. The summed E-state index contributed by atoms with van der Waals surface area (Å²) in [5.41, 5.74) is 2.04. The quantitative estimate of drug-likeness (QED) is 0.904. The smallest absolute Gasteiger partial charge is 0.262 e. The second-order valence-electron chi connectivity index (χ2n) is 5.16. The summed E-state index contributed by atoms with van der Waals surface area (Å²) in [6.45, 7) is -0.0560. The first-order valence-electron chi connectivity index (χ1n) is 7.22. The predicted molar refractivity (Wildman–Crippen MR) is 89.0 cm³/mol. The maximum absolute atomic E-state index is 12.2. The molecule has 3 rings (SSSR count). The van der Waals surface area contributed by atoms with Crippen molar-refractivity contribution in [2.24, 2.45) is 0 Å². The van der Waals surface area contributed by atoms with Crippen LogP contribution in [-0.2, 0) is 16.0 Å². The van der Waals surface area contributed by atoms with Crippen LogP contribution in [0.3, 0.4) is 0 Å². The topological polar surface area (TPSA) is 67.4 Å². The Bertz CT molecular complexity index is 761. The molecule has 2 amide bonds. The van der Waals surface area contributed by atoms with Crippen molar-refractivity contribution >= 4 is 34.8 Å². The Balaban J connectivity index is 1.66. The number of fused-ring (bicyclic) bond motifs is 1. The second kappa shape index (κ2) is 6.71. The summed E-state index contributed by atoms with van der Waals surface area (Å²) in [6, 6.07) is 12.7. The van der Waals surface area contributed by atoms with Crippen LogP contribution in [0, 0.1) is 0 Å². The van der Waals surface area contributed by atoms with E-state index in [2.05, 4.69) is 10.6 Å². The SMILES string of the molecule is O=C(CCc1ccccc1Cl)Nc1cccc2c1OCC(=O)N2. The normalized spacial score (nSPS) is 12.8. The highest BCUT2D eigenvalue weighted by Crippen LogP contribution is 2.35. The van der Waals surface area contributed by atoms with Gasteiger partial charge in [0.1, 0.15) is 0 Å². The van der Waals surface area contributed by atoms with E-state index in [9.17, 15) is 9.59 Å². The number of nitrogens with one attached hydrogen (secondary N) is 2. The minimum absolute atomic E-state index is 0.0560. The lowest BCUT2D eigenvalue weighted by atomic mass is 10.1. The summed E-state index contributed by atoms with van der Waals surface area (Å²) < 4.78 is 5.40. The van der Waals surface area contributed by atoms with Crippen LogP contribution in [0.5, 0.6) is 5.75 Å². The number of hydrogen-bond acceptors (Lipinski definition) is 3. The molecule has 23 heavy (non-hydrogen) atoms. The van der Waals surface area contributed by atoms with Gasteiger partial charge in [0.05, 0.1) is 11.4 Å². The van der Waals surface area contributed by atoms with Crippen LogP contribution in [0.2, 0.25) is 5.02 Å². The summed E-state index contributed by atoms with van der Waals surface area (Å²) in [5, 5.41) is 6.18. The highest BCUT2D eigenvalue weighted by Gasteiger charge is 2.19. The third-order valence-corrected chi connectivity index (χ3v) is 3.86. The molecule has 6 heteroatoms. The molecule has 1 heterocycles. The molecule has 0 radical (unpaired) electrons. The van der Waals surface area contributed by atoms with E-state index in [1.165, 1.54) is 0 Å². The molecule has 0 aromatic heterocycles. The lowest BCUT2D eigenvalue weighted by Crippen LogP contribution is -2.26. The number of para-hydroxylation sites is 1. The fraction of sp³-hybridized carbons (Fsp3) is 0.176. The first kappa shape index (κ1) is 15.4. The van der Waals surface area contributed by atoms with Gasteiger partial charge in [-0.25, -0.2) is 0 Å². The van der Waals surface area contributed by atoms with Crippen molar-refractivity contribution in [3.8, 4) is 5.75 Å². The molecule has 0 saturated carbocycles. The molecule has 0 atom stereocenters. The van der Waals surface area contributed by atoms with Crippen LogP contribution in [-0.4, -0.2) is 18.4 Å². The number of halogens is 1. The van der Waals surface area contributed by atoms with Gasteiger partial charge in [0.25, 0.3) is 5.91 Å². The van der Waals surface area contributed by atoms with E-state index in [1.54, 1.807) is 24.3 Å². The molecule has 2 aromatic carbocycles. The number of benzene rings is 2. The van der Waals surface area contributed by atoms with Crippen molar-refractivity contribution in [1.82, 2.24) is 0 Å². The summed E-state index contributed by atoms with van der Waals surface area (Å²) in [6.07, 6.45) is 0.859. The molecule has 2 aromatic rings. The lowest BCUT2D eigenvalue weighted by molar-refractivity contribution is -0.118. The number of carbonyl (C=O) groups is 2. The van der Waals surface area contributed by atoms with Crippen molar-refractivity contribution < 1.29 is 14.3 Å². The fourth-order valence-electron chi connectivity index (χ4n) is 2.38. The van der Waals surface area contributed by atoms with Gasteiger partial charge in [0, 0.05) is 11.4 Å². The summed E-state index contributed by atoms with van der Waals surface area (Å²) in [7, 11) is 0. The number of aryl methyl sites for hydroxylation is 1. The Morgan fingerprint density at radius 1 is 1.22 bits per heavy atom. The molecule has 5 nitrogen and oxygen atoms in total. The van der Waals surface area contributed by atoms with Gasteiger partial charge in [-0.15, -0.1) is 0 Å². The van der Waals surface area contributed by atoms with Gasteiger partial charge in [-0.05, 0) is 30.2 Å². The average Bonchev–Trinajstić information content (AvgIpc) is 2.54. The largest absolute Gasteiger partial charge is 0.479 e. The molecule has 0 fully saturated rings. The van der Waals surface area contributed by atoms with Gasteiger partial charge >= 0.3 is 0 Å². The van der Waals surface area contributed by atoms with E-state index in [0.717, 1.165) is 5.56 Å². The highest BCUT2D eigenvalue weighted by molar-refractivity contribution is 6.31. The Morgan fingerprint density at radius 2 is 2.04 bits per heavy atom. The first-order chi connectivity index (χ1) is 11.1. The van der Waals surface area contributed by atoms with Gasteiger partial charge < -0.3 is 15.4 Å². The number of amides is 2. The molecule has 0 spiro atoms. The molecule has 118 valence electrons. The van der Waals surface area contributed by atoms with Crippen molar-refractivity contribution in [3.05, 3.63) is 53.1 Å². The number of carbonyl (C=O) groups excluding carboxylic acids is 2. The zero-order chi connectivity index (χ0) is 16.2. The van der Waals surface area contributed by atoms with Crippen LogP contribution in [0.25, 0.3) is 0 Å². The van der Waals surface area contributed by atoms with Crippen LogP contribution < -0.4 is 15.4 Å². The van der Waals surface area contributed by atoms with Gasteiger partial charge in [-0.2, -0.15) is 0 Å². The molecule has 2 N–H and O–H groups in total. The average molecular weight is 331 g/mol. The highest BCUT2D eigenvalue weighted by atomic mass is 35.5. The third kappa shape index (κ3) is 3.63. The molecular formula is C17H15ClN2O3. The van der Waals surface area contributed by atoms with Gasteiger partial charge in [0.15, 0.2) is 12.4 Å². The summed E-state index contributed by atoms with van der Waals surface area (Å²) in [4.78, 5) is 23.5. The Labute approximate surface area is 138 Å². The number of rotatable bonds is 4. The Morgan fingerprint density at radius 3 is 2.87 bits per heavy atom. The maximum Gasteiger partial charge on any atom is 0.262 e. The minimum Gasteiger partial charge on any atom is -0.479 e. The van der Waals surface area contributed by atoms with Gasteiger partial charge in [-0.3, -0.25) is 9.59 Å². The van der Waals surface area contributed by atoms with Crippen molar-refractivity contribution in [3.63, 3.8) is 0 Å². The molecular weight excluding hydrogens is 316 g/mol. The fourth-order valence-corrected chi connectivity index (χ4v) is 2.61. The number of ether oxygens (including phenoxy) is 1. The zero-order valence-electron chi connectivity index (χ0n) is 12.3. The molecule has 0 saturated heterocycles. The molecule has 0 bridgehead atoms. The lowest BCUT2D eigenvalue weighted by Gasteiger charge is -2.20. The predicted octanol–water partition coefficient (Wildman–Crippen LogP) is 3.24. The van der Waals surface area contributed by atoms with Crippen LogP contribution in [0.4, 0.5) is 11.4 Å². The van der Waals surface area contributed by atoms with E-state index in [0.29, 0.717) is 35.0 Å². The van der Waals surface area contributed by atoms with Crippen LogP contribution >= 0.6 is 11.6 Å². The number of hydrogen-bond donors (Lipinski definition) is 2. The van der Waals surface area contributed by atoms with E-state index in [1.807, 2.05) is 18.2 Å². The molecule has 1 aliphatic rings. The van der Waals surface area contributed by atoms with Crippen molar-refractivity contribution in [1.29, 1.82) is 0 Å². The maximum atomic E-state index is 12.2. The summed E-state index contributed by atoms with van der Waals surface area (Å²) in [5.74, 6) is 0.136. The zero-order valence-corrected chi connectivity index (χ0v) is 13.0. The third-order valence-electron chi connectivity index (χ3n) is 3.49. The Hall–Kier alpha value is -2.53. The summed E-state index contributed by atoms with van der Waals surface area (Å²) >= 11 is 6.08. The van der Waals surface area contributed by atoms with E-state index < -0.39 is 0 Å². The molecule has 1 aliphatic heterocycles. The van der Waals surface area contributed by atoms with E-state index in [-0.39, 0.29) is 18.4 Å².